The van der Waals surface area contributed by atoms with Crippen molar-refractivity contribution in [3.8, 4) is 11.5 Å². The van der Waals surface area contributed by atoms with Gasteiger partial charge in [0.1, 0.15) is 0 Å². The zero-order valence-corrected chi connectivity index (χ0v) is 15.0. The molecule has 1 aromatic carbocycles. The van der Waals surface area contributed by atoms with Crippen LogP contribution in [0.5, 0.6) is 11.5 Å². The Morgan fingerprint density at radius 3 is 2.64 bits per heavy atom. The molecule has 0 amide bonds. The van der Waals surface area contributed by atoms with Crippen molar-refractivity contribution in [3.63, 3.8) is 0 Å². The van der Waals surface area contributed by atoms with Crippen LogP contribution in [0.2, 0.25) is 0 Å². The number of nitrogens with zero attached hydrogens (tertiary/aromatic N) is 1. The van der Waals surface area contributed by atoms with Crippen molar-refractivity contribution in [2.75, 3.05) is 33.4 Å². The van der Waals surface area contributed by atoms with Crippen LogP contribution in [0.3, 0.4) is 0 Å². The number of nitrogens with one attached hydrogen (secondary N) is 2. The number of methoxy groups -OCH3 is 1. The number of benzene rings is 1. The van der Waals surface area contributed by atoms with Gasteiger partial charge < -0.3 is 24.8 Å². The molecule has 0 saturated heterocycles. The number of halogens is 2. The van der Waals surface area contributed by atoms with E-state index in [1.165, 1.54) is 13.2 Å². The molecule has 0 atom stereocenters. The normalized spacial score (nSPS) is 11.5. The number of ether oxygens (including phenoxy) is 3. The third-order valence-electron chi connectivity index (χ3n) is 3.17. The minimum Gasteiger partial charge on any atom is -0.493 e. The molecule has 0 aromatic heterocycles. The summed E-state index contributed by atoms with van der Waals surface area (Å²) < 4.78 is 39.7. The standard InChI is InChI=1S/C17H27F2N3O3/c1-4-20-17(21-9-6-10-24-5-2)22-12-13-7-8-14(23-3)15(11-13)25-16(18)19/h7-8,11,16H,4-6,9-10,12H2,1-3H3,(H2,20,21,22). The molecule has 0 spiro atoms. The first kappa shape index (κ1) is 21.0. The van der Waals surface area contributed by atoms with Gasteiger partial charge in [0.05, 0.1) is 13.7 Å². The van der Waals surface area contributed by atoms with Crippen molar-refractivity contribution in [2.45, 2.75) is 33.4 Å². The van der Waals surface area contributed by atoms with Gasteiger partial charge in [-0.05, 0) is 38.0 Å². The number of rotatable bonds is 11. The molecule has 25 heavy (non-hydrogen) atoms. The number of guanidine groups is 1. The van der Waals surface area contributed by atoms with Crippen molar-refractivity contribution >= 4 is 5.96 Å². The number of alkyl halides is 2. The highest BCUT2D eigenvalue weighted by Gasteiger charge is 2.11. The maximum Gasteiger partial charge on any atom is 0.387 e. The Morgan fingerprint density at radius 1 is 1.20 bits per heavy atom. The molecule has 142 valence electrons. The lowest BCUT2D eigenvalue weighted by molar-refractivity contribution is -0.0512. The zero-order valence-electron chi connectivity index (χ0n) is 15.0. The molecule has 0 unspecified atom stereocenters. The van der Waals surface area contributed by atoms with Gasteiger partial charge in [-0.3, -0.25) is 0 Å². The summed E-state index contributed by atoms with van der Waals surface area (Å²) in [7, 11) is 1.40. The molecule has 0 radical (unpaired) electrons. The second-order valence-corrected chi connectivity index (χ2v) is 5.04. The summed E-state index contributed by atoms with van der Waals surface area (Å²) in [5.41, 5.74) is 0.739. The number of hydrogen-bond acceptors (Lipinski definition) is 4. The van der Waals surface area contributed by atoms with E-state index >= 15 is 0 Å². The number of hydrogen-bond donors (Lipinski definition) is 2. The fourth-order valence-corrected chi connectivity index (χ4v) is 2.04. The van der Waals surface area contributed by atoms with E-state index in [0.29, 0.717) is 25.7 Å². The zero-order chi connectivity index (χ0) is 18.5. The fraction of sp³-hybridized carbons (Fsp3) is 0.588. The minimum absolute atomic E-state index is 0.000116. The van der Waals surface area contributed by atoms with E-state index in [-0.39, 0.29) is 11.5 Å². The Kier molecular flexibility index (Phi) is 10.3. The van der Waals surface area contributed by atoms with E-state index in [1.807, 2.05) is 13.8 Å². The van der Waals surface area contributed by atoms with Crippen LogP contribution in [0, 0.1) is 0 Å². The lowest BCUT2D eigenvalue weighted by Crippen LogP contribution is -2.38. The molecule has 2 N–H and O–H groups in total. The van der Waals surface area contributed by atoms with Gasteiger partial charge in [0.2, 0.25) is 0 Å². The Hall–Kier alpha value is -2.09. The van der Waals surface area contributed by atoms with Crippen LogP contribution in [0.15, 0.2) is 23.2 Å². The molecule has 1 rings (SSSR count). The second-order valence-electron chi connectivity index (χ2n) is 5.04. The molecular weight excluding hydrogens is 332 g/mol. The van der Waals surface area contributed by atoms with Crippen LogP contribution >= 0.6 is 0 Å². The van der Waals surface area contributed by atoms with Crippen molar-refractivity contribution < 1.29 is 23.0 Å². The minimum atomic E-state index is -2.91. The topological polar surface area (TPSA) is 64.1 Å². The van der Waals surface area contributed by atoms with Crippen molar-refractivity contribution in [1.82, 2.24) is 10.6 Å². The third-order valence-corrected chi connectivity index (χ3v) is 3.17. The predicted molar refractivity (Wildman–Crippen MR) is 93.6 cm³/mol. The van der Waals surface area contributed by atoms with E-state index in [2.05, 4.69) is 20.4 Å². The van der Waals surface area contributed by atoms with E-state index in [4.69, 9.17) is 9.47 Å². The van der Waals surface area contributed by atoms with Crippen LogP contribution in [0.4, 0.5) is 8.78 Å². The van der Waals surface area contributed by atoms with Crippen LogP contribution in [-0.2, 0) is 11.3 Å². The maximum atomic E-state index is 12.5. The van der Waals surface area contributed by atoms with E-state index in [1.54, 1.807) is 12.1 Å². The number of aliphatic imine (C=N–C) groups is 1. The second kappa shape index (κ2) is 12.3. The van der Waals surface area contributed by atoms with Crippen LogP contribution < -0.4 is 20.1 Å². The largest absolute Gasteiger partial charge is 0.493 e. The van der Waals surface area contributed by atoms with Gasteiger partial charge in [0, 0.05) is 26.3 Å². The van der Waals surface area contributed by atoms with Gasteiger partial charge in [-0.2, -0.15) is 8.78 Å². The Morgan fingerprint density at radius 2 is 2.00 bits per heavy atom. The van der Waals surface area contributed by atoms with Gasteiger partial charge in [-0.25, -0.2) is 4.99 Å². The van der Waals surface area contributed by atoms with Crippen molar-refractivity contribution in [3.05, 3.63) is 23.8 Å². The van der Waals surface area contributed by atoms with Gasteiger partial charge in [-0.15, -0.1) is 0 Å². The molecule has 0 heterocycles. The Bertz CT molecular complexity index is 528. The summed E-state index contributed by atoms with van der Waals surface area (Å²) in [6.07, 6.45) is 0.868. The van der Waals surface area contributed by atoms with E-state index in [9.17, 15) is 8.78 Å². The van der Waals surface area contributed by atoms with Gasteiger partial charge in [0.15, 0.2) is 17.5 Å². The molecule has 0 bridgehead atoms. The van der Waals surface area contributed by atoms with E-state index < -0.39 is 6.61 Å². The van der Waals surface area contributed by atoms with Crippen LogP contribution in [-0.4, -0.2) is 46.0 Å². The highest BCUT2D eigenvalue weighted by atomic mass is 19.3. The molecule has 1 aromatic rings. The molecular formula is C17H27F2N3O3. The molecule has 0 aliphatic rings. The maximum absolute atomic E-state index is 12.5. The van der Waals surface area contributed by atoms with E-state index in [0.717, 1.165) is 25.1 Å². The van der Waals surface area contributed by atoms with Crippen molar-refractivity contribution in [2.24, 2.45) is 4.99 Å². The Labute approximate surface area is 147 Å². The Balaban J connectivity index is 2.67. The van der Waals surface area contributed by atoms with Gasteiger partial charge in [-0.1, -0.05) is 6.07 Å². The molecule has 0 aliphatic heterocycles. The van der Waals surface area contributed by atoms with Gasteiger partial charge >= 0.3 is 6.61 Å². The summed E-state index contributed by atoms with van der Waals surface area (Å²) in [6.45, 7) is 4.19. The summed E-state index contributed by atoms with van der Waals surface area (Å²) in [5, 5.41) is 6.34. The summed E-state index contributed by atoms with van der Waals surface area (Å²) in [6, 6.07) is 4.86. The molecule has 0 fully saturated rings. The quantitative estimate of drug-likeness (QED) is 0.361. The monoisotopic (exact) mass is 359 g/mol. The summed E-state index contributed by atoms with van der Waals surface area (Å²) in [5.74, 6) is 0.917. The highest BCUT2D eigenvalue weighted by Crippen LogP contribution is 2.29. The summed E-state index contributed by atoms with van der Waals surface area (Å²) in [4.78, 5) is 4.45. The fourth-order valence-electron chi connectivity index (χ4n) is 2.04. The first-order valence-corrected chi connectivity index (χ1v) is 8.32. The average Bonchev–Trinajstić information content (AvgIpc) is 2.59. The lowest BCUT2D eigenvalue weighted by atomic mass is 10.2. The molecule has 6 nitrogen and oxygen atoms in total. The smallest absolute Gasteiger partial charge is 0.387 e. The molecule has 0 saturated carbocycles. The SMILES string of the molecule is CCNC(=NCc1ccc(OC)c(OC(F)F)c1)NCCCOCC. The highest BCUT2D eigenvalue weighted by molar-refractivity contribution is 5.79. The lowest BCUT2D eigenvalue weighted by Gasteiger charge is -2.13. The first-order valence-electron chi connectivity index (χ1n) is 8.32. The van der Waals surface area contributed by atoms with Crippen LogP contribution in [0.25, 0.3) is 0 Å². The molecule has 0 aliphatic carbocycles. The third kappa shape index (κ3) is 8.53. The first-order chi connectivity index (χ1) is 12.1. The van der Waals surface area contributed by atoms with Gasteiger partial charge in [0.25, 0.3) is 0 Å². The molecule has 8 heteroatoms. The average molecular weight is 359 g/mol. The predicted octanol–water partition coefficient (Wildman–Crippen LogP) is 2.78. The van der Waals surface area contributed by atoms with Crippen molar-refractivity contribution in [1.29, 1.82) is 0 Å². The van der Waals surface area contributed by atoms with Crippen LogP contribution in [0.1, 0.15) is 25.8 Å². The summed E-state index contributed by atoms with van der Waals surface area (Å²) >= 11 is 0.